The van der Waals surface area contributed by atoms with Gasteiger partial charge in [-0.25, -0.2) is 0 Å². The Hall–Kier alpha value is -1.78. The lowest BCUT2D eigenvalue weighted by Gasteiger charge is -2.20. The number of aliphatic hydroxyl groups excluding tert-OH is 1. The number of carbonyl (C=O) groups excluding carboxylic acids is 1. The van der Waals surface area contributed by atoms with Gasteiger partial charge in [-0.2, -0.15) is 0 Å². The molecular formula is C20H23NO2S. The highest BCUT2D eigenvalue weighted by Gasteiger charge is 2.31. The highest BCUT2D eigenvalue weighted by molar-refractivity contribution is 7.98. The smallest absolute Gasteiger partial charge is 0.253 e. The fraction of sp³-hybridized carbons (Fsp3) is 0.350. The van der Waals surface area contributed by atoms with E-state index < -0.39 is 0 Å². The molecule has 24 heavy (non-hydrogen) atoms. The van der Waals surface area contributed by atoms with Crippen LogP contribution in [-0.4, -0.2) is 35.6 Å². The van der Waals surface area contributed by atoms with Gasteiger partial charge < -0.3 is 10.0 Å². The number of amides is 1. The molecule has 0 radical (unpaired) electrons. The molecule has 2 aromatic carbocycles. The molecule has 1 aliphatic carbocycles. The highest BCUT2D eigenvalue weighted by Crippen LogP contribution is 2.32. The normalized spacial score (nSPS) is 15.1. The van der Waals surface area contributed by atoms with Gasteiger partial charge in [0.2, 0.25) is 0 Å². The molecule has 4 heteroatoms. The average molecular weight is 341 g/mol. The molecule has 0 bridgehead atoms. The Morgan fingerprint density at radius 1 is 1.17 bits per heavy atom. The molecule has 1 atom stereocenters. The number of hydrogen-bond donors (Lipinski definition) is 1. The standard InChI is InChI=1S/C20H23NO2S/c1-21(13-19(22)16-11-12-16)20(23)17-9-7-15(8-10-17)14-24-18-5-3-2-4-6-18/h2-10,16,19,22H,11-14H2,1H3. The summed E-state index contributed by atoms with van der Waals surface area (Å²) in [5.41, 5.74) is 1.87. The topological polar surface area (TPSA) is 40.5 Å². The van der Waals surface area contributed by atoms with Crippen molar-refractivity contribution in [2.45, 2.75) is 29.6 Å². The zero-order chi connectivity index (χ0) is 16.9. The van der Waals surface area contributed by atoms with E-state index in [-0.39, 0.29) is 12.0 Å². The Labute approximate surface area is 147 Å². The van der Waals surface area contributed by atoms with Crippen molar-refractivity contribution in [2.24, 2.45) is 5.92 Å². The molecule has 1 saturated carbocycles. The SMILES string of the molecule is CN(CC(O)C1CC1)C(=O)c1ccc(CSc2ccccc2)cc1. The molecular weight excluding hydrogens is 318 g/mol. The van der Waals surface area contributed by atoms with Crippen LogP contribution in [0.25, 0.3) is 0 Å². The van der Waals surface area contributed by atoms with E-state index in [9.17, 15) is 9.90 Å². The largest absolute Gasteiger partial charge is 0.391 e. The molecule has 3 rings (SSSR count). The minimum Gasteiger partial charge on any atom is -0.391 e. The van der Waals surface area contributed by atoms with Crippen molar-refractivity contribution in [3.05, 3.63) is 65.7 Å². The zero-order valence-electron chi connectivity index (χ0n) is 13.9. The summed E-state index contributed by atoms with van der Waals surface area (Å²) >= 11 is 1.78. The second-order valence-electron chi connectivity index (χ2n) is 6.39. The van der Waals surface area contributed by atoms with Crippen LogP contribution in [0.3, 0.4) is 0 Å². The van der Waals surface area contributed by atoms with Crippen molar-refractivity contribution in [3.63, 3.8) is 0 Å². The minimum atomic E-state index is -0.388. The quantitative estimate of drug-likeness (QED) is 0.778. The van der Waals surface area contributed by atoms with Gasteiger partial charge in [0, 0.05) is 29.8 Å². The molecule has 0 spiro atoms. The number of thioether (sulfide) groups is 1. The second-order valence-corrected chi connectivity index (χ2v) is 7.44. The minimum absolute atomic E-state index is 0.0306. The average Bonchev–Trinajstić information content (AvgIpc) is 3.46. The second kappa shape index (κ2) is 7.86. The van der Waals surface area contributed by atoms with E-state index in [0.717, 1.165) is 18.6 Å². The molecule has 0 heterocycles. The number of hydrogen-bond acceptors (Lipinski definition) is 3. The van der Waals surface area contributed by atoms with Crippen LogP contribution in [-0.2, 0) is 5.75 Å². The van der Waals surface area contributed by atoms with Gasteiger partial charge in [-0.1, -0.05) is 30.3 Å². The van der Waals surface area contributed by atoms with Crippen molar-refractivity contribution in [1.29, 1.82) is 0 Å². The van der Waals surface area contributed by atoms with Crippen molar-refractivity contribution in [3.8, 4) is 0 Å². The van der Waals surface area contributed by atoms with Crippen LogP contribution in [0, 0.1) is 5.92 Å². The highest BCUT2D eigenvalue weighted by atomic mass is 32.2. The van der Waals surface area contributed by atoms with Gasteiger partial charge in [0.15, 0.2) is 0 Å². The van der Waals surface area contributed by atoms with Gasteiger partial charge in [0.05, 0.1) is 6.10 Å². The van der Waals surface area contributed by atoms with E-state index in [1.807, 2.05) is 42.5 Å². The van der Waals surface area contributed by atoms with Crippen molar-refractivity contribution >= 4 is 17.7 Å². The zero-order valence-corrected chi connectivity index (χ0v) is 14.7. The molecule has 126 valence electrons. The Bertz CT molecular complexity index is 668. The van der Waals surface area contributed by atoms with Crippen LogP contribution >= 0.6 is 11.8 Å². The molecule has 0 saturated heterocycles. The monoisotopic (exact) mass is 341 g/mol. The van der Waals surface area contributed by atoms with Gasteiger partial charge in [-0.15, -0.1) is 11.8 Å². The first kappa shape index (κ1) is 17.1. The summed E-state index contributed by atoms with van der Waals surface area (Å²) in [6.45, 7) is 0.412. The van der Waals surface area contributed by atoms with Gasteiger partial charge in [0.1, 0.15) is 0 Å². The summed E-state index contributed by atoms with van der Waals surface area (Å²) in [4.78, 5) is 15.3. The lowest BCUT2D eigenvalue weighted by molar-refractivity contribution is 0.0645. The van der Waals surface area contributed by atoms with Crippen molar-refractivity contribution in [2.75, 3.05) is 13.6 Å². The summed E-state index contributed by atoms with van der Waals surface area (Å²) in [6, 6.07) is 18.1. The Morgan fingerprint density at radius 3 is 2.46 bits per heavy atom. The van der Waals surface area contributed by atoms with E-state index in [1.165, 1.54) is 10.5 Å². The summed E-state index contributed by atoms with van der Waals surface area (Å²) in [7, 11) is 1.76. The third kappa shape index (κ3) is 4.62. The molecule has 1 amide bonds. The van der Waals surface area contributed by atoms with Gasteiger partial charge >= 0.3 is 0 Å². The van der Waals surface area contributed by atoms with Crippen LogP contribution in [0.5, 0.6) is 0 Å². The van der Waals surface area contributed by atoms with Gasteiger partial charge in [0.25, 0.3) is 5.91 Å². The van der Waals surface area contributed by atoms with E-state index in [4.69, 9.17) is 0 Å². The molecule has 3 nitrogen and oxygen atoms in total. The summed E-state index contributed by atoms with van der Waals surface area (Å²) < 4.78 is 0. The Kier molecular flexibility index (Phi) is 5.59. The van der Waals surface area contributed by atoms with Crippen molar-refractivity contribution in [1.82, 2.24) is 4.90 Å². The third-order valence-corrected chi connectivity index (χ3v) is 5.41. The first-order chi connectivity index (χ1) is 11.6. The maximum Gasteiger partial charge on any atom is 0.253 e. The van der Waals surface area contributed by atoms with Crippen LogP contribution in [0.15, 0.2) is 59.5 Å². The van der Waals surface area contributed by atoms with E-state index in [2.05, 4.69) is 12.1 Å². The molecule has 2 aromatic rings. The third-order valence-electron chi connectivity index (χ3n) is 4.32. The first-order valence-corrected chi connectivity index (χ1v) is 9.32. The molecule has 1 fully saturated rings. The summed E-state index contributed by atoms with van der Waals surface area (Å²) in [6.07, 6.45) is 1.77. The molecule has 1 N–H and O–H groups in total. The fourth-order valence-electron chi connectivity index (χ4n) is 2.64. The number of likely N-dealkylation sites (N-methyl/N-ethyl adjacent to an activating group) is 1. The van der Waals surface area contributed by atoms with E-state index >= 15 is 0 Å². The summed E-state index contributed by atoms with van der Waals surface area (Å²) in [5.74, 6) is 1.24. The number of nitrogens with zero attached hydrogens (tertiary/aromatic N) is 1. The Morgan fingerprint density at radius 2 is 1.83 bits per heavy atom. The van der Waals surface area contributed by atoms with E-state index in [1.54, 1.807) is 23.7 Å². The predicted molar refractivity (Wildman–Crippen MR) is 98.1 cm³/mol. The van der Waals surface area contributed by atoms with Gasteiger partial charge in [-0.05, 0) is 48.6 Å². The summed E-state index contributed by atoms with van der Waals surface area (Å²) in [5, 5.41) is 9.98. The number of benzene rings is 2. The molecule has 0 aliphatic heterocycles. The lowest BCUT2D eigenvalue weighted by Crippen LogP contribution is -2.35. The molecule has 1 aliphatic rings. The maximum atomic E-state index is 12.4. The van der Waals surface area contributed by atoms with Crippen LogP contribution in [0.4, 0.5) is 0 Å². The predicted octanol–water partition coefficient (Wildman–Crippen LogP) is 3.82. The van der Waals surface area contributed by atoms with Crippen LogP contribution in [0.1, 0.15) is 28.8 Å². The Balaban J connectivity index is 1.54. The maximum absolute atomic E-state index is 12.4. The lowest BCUT2D eigenvalue weighted by atomic mass is 10.1. The molecule has 1 unspecified atom stereocenters. The fourth-order valence-corrected chi connectivity index (χ4v) is 3.52. The number of carbonyl (C=O) groups is 1. The van der Waals surface area contributed by atoms with Crippen LogP contribution < -0.4 is 0 Å². The van der Waals surface area contributed by atoms with E-state index in [0.29, 0.717) is 18.0 Å². The van der Waals surface area contributed by atoms with Crippen molar-refractivity contribution < 1.29 is 9.90 Å². The van der Waals surface area contributed by atoms with Crippen LogP contribution in [0.2, 0.25) is 0 Å². The number of aliphatic hydroxyl groups is 1. The number of rotatable bonds is 7. The first-order valence-electron chi connectivity index (χ1n) is 8.34. The molecule has 0 aromatic heterocycles. The van der Waals surface area contributed by atoms with Gasteiger partial charge in [-0.3, -0.25) is 4.79 Å².